The van der Waals surface area contributed by atoms with E-state index in [9.17, 15) is 14.7 Å². The van der Waals surface area contributed by atoms with Crippen LogP contribution < -0.4 is 0 Å². The molecule has 7 rings (SSSR count). The van der Waals surface area contributed by atoms with E-state index in [-0.39, 0.29) is 59.9 Å². The molecule has 1 aromatic rings. The molecule has 1 aromatic carbocycles. The Morgan fingerprint density at radius 2 is 1.78 bits per heavy atom. The molecule has 7 bridgehead atoms. The zero-order valence-electron chi connectivity index (χ0n) is 27.8. The van der Waals surface area contributed by atoms with Crippen molar-refractivity contribution in [2.75, 3.05) is 48.1 Å². The van der Waals surface area contributed by atoms with Crippen LogP contribution >= 0.6 is 0 Å². The number of fused-ring (bicyclic) bond motifs is 2. The average molecular weight is 640 g/mol. The Balaban J connectivity index is 1.46. The van der Waals surface area contributed by atoms with Crippen molar-refractivity contribution >= 4 is 18.0 Å². The molecule has 1 unspecified atom stereocenters. The minimum atomic E-state index is -1.07. The molecule has 10 nitrogen and oxygen atoms in total. The molecule has 252 valence electrons. The van der Waals surface area contributed by atoms with Crippen LogP contribution in [0.25, 0.3) is 6.08 Å². The van der Waals surface area contributed by atoms with Crippen molar-refractivity contribution in [1.82, 2.24) is 4.90 Å². The Kier molecular flexibility index (Phi) is 8.17. The molecule has 0 radical (unpaired) electrons. The third-order valence-electron chi connectivity index (χ3n) is 13.2. The minimum absolute atomic E-state index is 0.0534. The summed E-state index contributed by atoms with van der Waals surface area (Å²) in [4.78, 5) is 29.3. The monoisotopic (exact) mass is 639 g/mol. The molecule has 0 aromatic heterocycles. The van der Waals surface area contributed by atoms with Crippen LogP contribution in [0.5, 0.6) is 0 Å². The number of piperidine rings is 1. The zero-order chi connectivity index (χ0) is 32.6. The molecule has 5 aliphatic carbocycles. The van der Waals surface area contributed by atoms with Crippen LogP contribution in [0.15, 0.2) is 36.4 Å². The summed E-state index contributed by atoms with van der Waals surface area (Å²) < 4.78 is 38.4. The number of nitrogens with zero attached hydrogens (tertiary/aromatic N) is 1. The molecule has 10 heteroatoms. The van der Waals surface area contributed by atoms with Gasteiger partial charge in [0, 0.05) is 101 Å². The lowest BCUT2D eigenvalue weighted by molar-refractivity contribution is -0.297. The zero-order valence-corrected chi connectivity index (χ0v) is 27.8. The van der Waals surface area contributed by atoms with Crippen LogP contribution in [0.2, 0.25) is 0 Å². The molecule has 46 heavy (non-hydrogen) atoms. The van der Waals surface area contributed by atoms with Crippen LogP contribution in [0, 0.1) is 40.4 Å². The van der Waals surface area contributed by atoms with Gasteiger partial charge in [0.25, 0.3) is 0 Å². The van der Waals surface area contributed by atoms with Gasteiger partial charge < -0.3 is 33.5 Å². The fourth-order valence-corrected chi connectivity index (χ4v) is 12.3. The molecule has 1 saturated heterocycles. The number of rotatable bonds is 10. The first-order valence-corrected chi connectivity index (χ1v) is 16.8. The molecule has 6 aliphatic rings. The summed E-state index contributed by atoms with van der Waals surface area (Å²) in [5.74, 6) is -1.66. The maximum Gasteiger partial charge on any atom is 0.331 e. The smallest absolute Gasteiger partial charge is 0.331 e. The van der Waals surface area contributed by atoms with Crippen molar-refractivity contribution in [1.29, 1.82) is 0 Å². The predicted molar refractivity (Wildman–Crippen MR) is 167 cm³/mol. The number of carbonyl (C=O) groups is 2. The molecule has 1 aliphatic heterocycles. The van der Waals surface area contributed by atoms with Crippen molar-refractivity contribution in [2.45, 2.75) is 75.3 Å². The van der Waals surface area contributed by atoms with Gasteiger partial charge in [-0.05, 0) is 30.5 Å². The Morgan fingerprint density at radius 1 is 1.02 bits per heavy atom. The van der Waals surface area contributed by atoms with Crippen molar-refractivity contribution < 1.29 is 43.1 Å². The third-order valence-corrected chi connectivity index (χ3v) is 13.2. The highest BCUT2D eigenvalue weighted by atomic mass is 16.6. The Bertz CT molecular complexity index is 1360. The lowest BCUT2D eigenvalue weighted by Gasteiger charge is -2.70. The number of ether oxygens (including phenoxy) is 6. The van der Waals surface area contributed by atoms with Gasteiger partial charge in [0.1, 0.15) is 11.7 Å². The van der Waals surface area contributed by atoms with E-state index in [4.69, 9.17) is 28.4 Å². The second-order valence-corrected chi connectivity index (χ2v) is 14.6. The van der Waals surface area contributed by atoms with Gasteiger partial charge in [-0.25, -0.2) is 4.79 Å². The predicted octanol–water partition coefficient (Wildman–Crippen LogP) is 2.96. The van der Waals surface area contributed by atoms with Gasteiger partial charge in [0.2, 0.25) is 0 Å². The van der Waals surface area contributed by atoms with Crippen molar-refractivity contribution in [3.8, 4) is 0 Å². The fraction of sp³-hybridized carbons (Fsp3) is 0.722. The van der Waals surface area contributed by atoms with E-state index in [1.54, 1.807) is 34.5 Å². The van der Waals surface area contributed by atoms with E-state index in [1.165, 1.54) is 13.0 Å². The van der Waals surface area contributed by atoms with Gasteiger partial charge in [-0.15, -0.1) is 0 Å². The van der Waals surface area contributed by atoms with E-state index >= 15 is 0 Å². The molecule has 0 amide bonds. The summed E-state index contributed by atoms with van der Waals surface area (Å²) >= 11 is 0. The van der Waals surface area contributed by atoms with Crippen LogP contribution in [0.1, 0.15) is 38.7 Å². The number of hydrogen-bond acceptors (Lipinski definition) is 10. The first kappa shape index (κ1) is 32.2. The quantitative estimate of drug-likeness (QED) is 0.303. The molecular weight excluding hydrogens is 590 g/mol. The van der Waals surface area contributed by atoms with Crippen LogP contribution in [-0.4, -0.2) is 112 Å². The number of hydrogen-bond donors (Lipinski definition) is 1. The van der Waals surface area contributed by atoms with E-state index in [2.05, 4.69) is 11.8 Å². The third kappa shape index (κ3) is 4.10. The summed E-state index contributed by atoms with van der Waals surface area (Å²) in [5.41, 5.74) is -1.27. The largest absolute Gasteiger partial charge is 0.462 e. The van der Waals surface area contributed by atoms with Crippen molar-refractivity contribution in [3.63, 3.8) is 0 Å². The van der Waals surface area contributed by atoms with Crippen LogP contribution in [-0.2, 0) is 38.0 Å². The molecule has 1 heterocycles. The molecule has 6 fully saturated rings. The molecule has 14 atom stereocenters. The highest BCUT2D eigenvalue weighted by molar-refractivity contribution is 5.87. The van der Waals surface area contributed by atoms with Crippen molar-refractivity contribution in [3.05, 3.63) is 42.0 Å². The Hall–Kier alpha value is -2.34. The highest BCUT2D eigenvalue weighted by Gasteiger charge is 2.89. The summed E-state index contributed by atoms with van der Waals surface area (Å²) in [5, 5.41) is 12.1. The summed E-state index contributed by atoms with van der Waals surface area (Å²) in [6.07, 6.45) is 2.81. The summed E-state index contributed by atoms with van der Waals surface area (Å²) in [6.45, 7) is 5.35. The van der Waals surface area contributed by atoms with E-state index < -0.39 is 34.6 Å². The van der Waals surface area contributed by atoms with Crippen molar-refractivity contribution in [2.24, 2.45) is 40.4 Å². The molecular formula is C36H49NO9. The summed E-state index contributed by atoms with van der Waals surface area (Å²) in [6, 6.07) is 9.61. The van der Waals surface area contributed by atoms with Crippen LogP contribution in [0.3, 0.4) is 0 Å². The first-order chi connectivity index (χ1) is 22.2. The topological polar surface area (TPSA) is 113 Å². The number of esters is 2. The fourth-order valence-electron chi connectivity index (χ4n) is 12.3. The number of methoxy groups -OCH3 is 4. The summed E-state index contributed by atoms with van der Waals surface area (Å²) in [7, 11) is 6.88. The van der Waals surface area contributed by atoms with Gasteiger partial charge in [-0.2, -0.15) is 0 Å². The maximum atomic E-state index is 14.1. The van der Waals surface area contributed by atoms with Gasteiger partial charge in [-0.3, -0.25) is 9.69 Å². The number of benzene rings is 1. The van der Waals surface area contributed by atoms with E-state index in [0.29, 0.717) is 26.0 Å². The van der Waals surface area contributed by atoms with Gasteiger partial charge >= 0.3 is 11.9 Å². The highest BCUT2D eigenvalue weighted by Crippen LogP contribution is 2.80. The molecule has 1 N–H and O–H groups in total. The number of carbonyl (C=O) groups excluding carboxylic acids is 2. The second kappa shape index (κ2) is 11.7. The number of likely N-dealkylation sites (tertiary alicyclic amines) is 1. The second-order valence-electron chi connectivity index (χ2n) is 14.6. The number of aliphatic hydroxyl groups excluding tert-OH is 1. The lowest BCUT2D eigenvalue weighted by Crippen LogP contribution is -2.79. The maximum absolute atomic E-state index is 14.1. The van der Waals surface area contributed by atoms with E-state index in [0.717, 1.165) is 18.5 Å². The molecule has 5 saturated carbocycles. The van der Waals surface area contributed by atoms with Gasteiger partial charge in [0.15, 0.2) is 0 Å². The van der Waals surface area contributed by atoms with E-state index in [1.807, 2.05) is 30.3 Å². The Labute approximate surface area is 271 Å². The first-order valence-electron chi connectivity index (χ1n) is 16.8. The SMILES string of the molecule is CCN1C[C@]2(COC)[C@H](O)C[C@H](OC)[C@]34C1[C@H]([C@H](OC)[C@H]23)[C@@]1(OC(=O)/C=C/c2ccccc2)C[C@H](OC)[C@H]2C[C@@H]4[C@@H]1[C@H]2OC(C)=O. The van der Waals surface area contributed by atoms with Gasteiger partial charge in [0.05, 0.1) is 31.0 Å². The molecule has 1 spiro atoms. The number of aliphatic hydroxyl groups is 1. The normalized spacial score (nSPS) is 46.8. The van der Waals surface area contributed by atoms with Gasteiger partial charge in [-0.1, -0.05) is 37.3 Å². The standard InChI is InChI=1S/C36H49NO9/c1-7-37-18-34(19-41-3)25(39)16-26(43-5)36-23-15-22-24(42-4)17-35(28(23)30(22)45-20(2)38,29(33(36)37)31(44-6)32(34)36)46-27(40)14-13-21-11-9-8-10-12-21/h8-14,22-26,28-33,39H,7,15-19H2,1-6H3/b14-13+/t22-,23-,24+,25-,26+,28-,29+,30+,31+,32-,33?,34+,35-,36+/m1/s1. The van der Waals surface area contributed by atoms with Crippen LogP contribution in [0.4, 0.5) is 0 Å². The lowest BCUT2D eigenvalue weighted by atomic mass is 9.42. The average Bonchev–Trinajstić information content (AvgIpc) is 3.46. The minimum Gasteiger partial charge on any atom is -0.462 e. The Morgan fingerprint density at radius 3 is 2.41 bits per heavy atom.